The molecule has 130 valence electrons. The number of aromatic nitrogens is 1. The minimum atomic E-state index is 0. The van der Waals surface area contributed by atoms with Crippen molar-refractivity contribution in [3.05, 3.63) is 65.0 Å². The molecule has 0 fully saturated rings. The summed E-state index contributed by atoms with van der Waals surface area (Å²) < 4.78 is 5.18. The Morgan fingerprint density at radius 2 is 2.00 bits per heavy atom. The van der Waals surface area contributed by atoms with Gasteiger partial charge >= 0.3 is 0 Å². The maximum Gasteiger partial charge on any atom is 0.193 e. The van der Waals surface area contributed by atoms with Gasteiger partial charge in [-0.25, -0.2) is 9.98 Å². The lowest BCUT2D eigenvalue weighted by Crippen LogP contribution is -2.22. The van der Waals surface area contributed by atoms with E-state index in [-0.39, 0.29) is 24.0 Å². The number of anilines is 1. The smallest absolute Gasteiger partial charge is 0.193 e. The number of thiazole rings is 1. The van der Waals surface area contributed by atoms with E-state index in [0.717, 1.165) is 27.7 Å². The molecule has 0 amide bonds. The molecule has 0 saturated carbocycles. The van der Waals surface area contributed by atoms with Gasteiger partial charge in [-0.15, -0.1) is 35.3 Å². The Balaban J connectivity index is 0.00000225. The molecule has 0 atom stereocenters. The molecular formula is C18H19IN4OS. The molecule has 5 nitrogen and oxygen atoms in total. The Hall–Kier alpha value is -2.13. The number of aliphatic imine (C=N–C) groups is 1. The van der Waals surface area contributed by atoms with Crippen molar-refractivity contribution in [1.29, 1.82) is 0 Å². The van der Waals surface area contributed by atoms with E-state index in [1.807, 2.05) is 60.0 Å². The summed E-state index contributed by atoms with van der Waals surface area (Å²) >= 11 is 1.58. The van der Waals surface area contributed by atoms with E-state index in [1.54, 1.807) is 18.4 Å². The molecule has 0 bridgehead atoms. The summed E-state index contributed by atoms with van der Waals surface area (Å²) in [5.41, 5.74) is 8.84. The van der Waals surface area contributed by atoms with Crippen molar-refractivity contribution >= 4 is 47.0 Å². The first-order chi connectivity index (χ1) is 11.7. The summed E-state index contributed by atoms with van der Waals surface area (Å²) in [7, 11) is 1.63. The van der Waals surface area contributed by atoms with Gasteiger partial charge in [0.25, 0.3) is 0 Å². The molecule has 0 aliphatic heterocycles. The van der Waals surface area contributed by atoms with E-state index in [0.29, 0.717) is 12.5 Å². The minimum absolute atomic E-state index is 0. The summed E-state index contributed by atoms with van der Waals surface area (Å²) in [6.45, 7) is 0.445. The first kappa shape index (κ1) is 19.2. The summed E-state index contributed by atoms with van der Waals surface area (Å²) in [5.74, 6) is 1.11. The van der Waals surface area contributed by atoms with Gasteiger partial charge in [0.15, 0.2) is 5.96 Å². The quantitative estimate of drug-likeness (QED) is 0.333. The van der Waals surface area contributed by atoms with Crippen molar-refractivity contribution < 1.29 is 4.74 Å². The molecule has 7 heteroatoms. The number of halogens is 1. The molecule has 25 heavy (non-hydrogen) atoms. The molecule has 0 aliphatic rings. The Morgan fingerprint density at radius 3 is 2.76 bits per heavy atom. The van der Waals surface area contributed by atoms with Crippen LogP contribution < -0.4 is 15.8 Å². The van der Waals surface area contributed by atoms with Gasteiger partial charge in [0, 0.05) is 22.7 Å². The highest BCUT2D eigenvalue weighted by Gasteiger charge is 2.04. The Morgan fingerprint density at radius 1 is 1.20 bits per heavy atom. The van der Waals surface area contributed by atoms with E-state index in [2.05, 4.69) is 15.3 Å². The van der Waals surface area contributed by atoms with Crippen LogP contribution in [-0.4, -0.2) is 18.1 Å². The third-order valence-electron chi connectivity index (χ3n) is 3.35. The second-order valence-corrected chi connectivity index (χ2v) is 5.99. The fourth-order valence-electron chi connectivity index (χ4n) is 2.17. The van der Waals surface area contributed by atoms with Crippen LogP contribution >= 0.6 is 35.3 Å². The maximum atomic E-state index is 5.94. The number of hydrogen-bond donors (Lipinski definition) is 2. The largest absolute Gasteiger partial charge is 0.497 e. The van der Waals surface area contributed by atoms with Crippen LogP contribution in [0.4, 0.5) is 5.69 Å². The molecule has 0 saturated heterocycles. The molecule has 0 spiro atoms. The second kappa shape index (κ2) is 9.38. The molecule has 3 aromatic rings. The summed E-state index contributed by atoms with van der Waals surface area (Å²) in [6.07, 6.45) is 0. The van der Waals surface area contributed by atoms with E-state index in [4.69, 9.17) is 10.5 Å². The van der Waals surface area contributed by atoms with Gasteiger partial charge in [0.2, 0.25) is 0 Å². The average Bonchev–Trinajstić information content (AvgIpc) is 3.10. The number of hydrogen-bond acceptors (Lipinski definition) is 4. The zero-order valence-corrected chi connectivity index (χ0v) is 16.8. The highest BCUT2D eigenvalue weighted by atomic mass is 127. The maximum absolute atomic E-state index is 5.94. The first-order valence-corrected chi connectivity index (χ1v) is 8.33. The summed E-state index contributed by atoms with van der Waals surface area (Å²) in [4.78, 5) is 8.94. The molecular weight excluding hydrogens is 447 g/mol. The number of nitrogens with two attached hydrogens (primary N) is 1. The van der Waals surface area contributed by atoms with Crippen molar-refractivity contribution in [2.24, 2.45) is 10.7 Å². The van der Waals surface area contributed by atoms with Crippen LogP contribution in [-0.2, 0) is 6.54 Å². The normalized spacial score (nSPS) is 10.8. The zero-order chi connectivity index (χ0) is 16.8. The van der Waals surface area contributed by atoms with E-state index >= 15 is 0 Å². The highest BCUT2D eigenvalue weighted by Crippen LogP contribution is 2.22. The standard InChI is InChI=1S/C18H18N4OS.HI/c1-23-15-9-5-8-14(10-15)21-18(19)20-11-17-22-16(12-24-17)13-6-3-2-4-7-13;/h2-10,12H,11H2,1H3,(H3,19,20,21);1H. The third-order valence-corrected chi connectivity index (χ3v) is 4.18. The van der Waals surface area contributed by atoms with Crippen LogP contribution in [0.2, 0.25) is 0 Å². The van der Waals surface area contributed by atoms with E-state index < -0.39 is 0 Å². The molecule has 1 heterocycles. The number of benzene rings is 2. The van der Waals surface area contributed by atoms with Gasteiger partial charge < -0.3 is 15.8 Å². The number of rotatable bonds is 5. The molecule has 0 unspecified atom stereocenters. The van der Waals surface area contributed by atoms with Crippen molar-refractivity contribution in [2.75, 3.05) is 12.4 Å². The number of methoxy groups -OCH3 is 1. The van der Waals surface area contributed by atoms with Gasteiger partial charge in [-0.05, 0) is 12.1 Å². The summed E-state index contributed by atoms with van der Waals surface area (Å²) in [5, 5.41) is 6.00. The van der Waals surface area contributed by atoms with Gasteiger partial charge in [0.1, 0.15) is 10.8 Å². The number of nitrogens with one attached hydrogen (secondary N) is 1. The molecule has 0 radical (unpaired) electrons. The van der Waals surface area contributed by atoms with Crippen molar-refractivity contribution in [3.8, 4) is 17.0 Å². The first-order valence-electron chi connectivity index (χ1n) is 7.45. The monoisotopic (exact) mass is 466 g/mol. The third kappa shape index (κ3) is 5.43. The highest BCUT2D eigenvalue weighted by molar-refractivity contribution is 14.0. The zero-order valence-electron chi connectivity index (χ0n) is 13.7. The van der Waals surface area contributed by atoms with Crippen LogP contribution in [0, 0.1) is 0 Å². The van der Waals surface area contributed by atoms with Gasteiger partial charge in [0.05, 0.1) is 19.3 Å². The predicted molar refractivity (Wildman–Crippen MR) is 115 cm³/mol. The number of nitrogens with zero attached hydrogens (tertiary/aromatic N) is 2. The van der Waals surface area contributed by atoms with Crippen LogP contribution in [0.25, 0.3) is 11.3 Å². The SMILES string of the molecule is COc1cccc(NC(N)=NCc2nc(-c3ccccc3)cs2)c1.I. The van der Waals surface area contributed by atoms with Crippen LogP contribution in [0.5, 0.6) is 5.75 Å². The lowest BCUT2D eigenvalue weighted by Gasteiger charge is -2.06. The van der Waals surface area contributed by atoms with Crippen molar-refractivity contribution in [3.63, 3.8) is 0 Å². The van der Waals surface area contributed by atoms with Crippen molar-refractivity contribution in [2.45, 2.75) is 6.54 Å². The summed E-state index contributed by atoms with van der Waals surface area (Å²) in [6, 6.07) is 17.6. The number of ether oxygens (including phenoxy) is 1. The van der Waals surface area contributed by atoms with Crippen LogP contribution in [0.3, 0.4) is 0 Å². The molecule has 2 aromatic carbocycles. The topological polar surface area (TPSA) is 72.5 Å². The predicted octanol–water partition coefficient (Wildman–Crippen LogP) is 4.36. The Labute approximate surface area is 168 Å². The second-order valence-electron chi connectivity index (χ2n) is 5.05. The Kier molecular flexibility index (Phi) is 7.20. The fourth-order valence-corrected chi connectivity index (χ4v) is 2.89. The molecule has 0 aliphatic carbocycles. The van der Waals surface area contributed by atoms with Gasteiger partial charge in [-0.3, -0.25) is 0 Å². The van der Waals surface area contributed by atoms with Crippen LogP contribution in [0.1, 0.15) is 5.01 Å². The fraction of sp³-hybridized carbons (Fsp3) is 0.111. The van der Waals surface area contributed by atoms with Gasteiger partial charge in [-0.1, -0.05) is 36.4 Å². The van der Waals surface area contributed by atoms with E-state index in [1.165, 1.54) is 0 Å². The van der Waals surface area contributed by atoms with Gasteiger partial charge in [-0.2, -0.15) is 0 Å². The molecule has 3 N–H and O–H groups in total. The Bertz CT molecular complexity index is 836. The molecule has 1 aromatic heterocycles. The van der Waals surface area contributed by atoms with Crippen LogP contribution in [0.15, 0.2) is 65.0 Å². The lowest BCUT2D eigenvalue weighted by molar-refractivity contribution is 0.415. The lowest BCUT2D eigenvalue weighted by atomic mass is 10.2. The molecule has 3 rings (SSSR count). The minimum Gasteiger partial charge on any atom is -0.497 e. The average molecular weight is 466 g/mol. The van der Waals surface area contributed by atoms with Crippen molar-refractivity contribution in [1.82, 2.24) is 4.98 Å². The number of guanidine groups is 1. The van der Waals surface area contributed by atoms with E-state index in [9.17, 15) is 0 Å².